The minimum Gasteiger partial charge on any atom is -0.343 e. The van der Waals surface area contributed by atoms with Crippen LogP contribution in [0.4, 0.5) is 4.39 Å². The molecule has 2 aromatic rings. The molecule has 0 bridgehead atoms. The normalized spacial score (nSPS) is 15.9. The average Bonchev–Trinajstić information content (AvgIpc) is 2.85. The number of hydrogen-bond acceptors (Lipinski definition) is 2. The van der Waals surface area contributed by atoms with Gasteiger partial charge in [-0.2, -0.15) is 5.26 Å². The number of rotatable bonds is 1. The van der Waals surface area contributed by atoms with Crippen molar-refractivity contribution in [1.82, 2.24) is 9.55 Å². The minimum absolute atomic E-state index is 0.0737. The zero-order valence-electron chi connectivity index (χ0n) is 11.2. The molecular formula is C15H13ClFN3. The summed E-state index contributed by atoms with van der Waals surface area (Å²) in [5.41, 5.74) is 2.75. The SMILES string of the molecule is CC1(C)Cc2c(C#N)cc(-c3cc(Cl)ncc3F)n2C1. The molecule has 0 spiro atoms. The molecule has 0 aromatic carbocycles. The zero-order valence-corrected chi connectivity index (χ0v) is 12.0. The molecule has 1 aliphatic rings. The Hall–Kier alpha value is -1.86. The van der Waals surface area contributed by atoms with Crippen molar-refractivity contribution in [2.75, 3.05) is 0 Å². The fourth-order valence-corrected chi connectivity index (χ4v) is 2.98. The molecule has 0 amide bonds. The summed E-state index contributed by atoms with van der Waals surface area (Å²) in [4.78, 5) is 3.73. The van der Waals surface area contributed by atoms with Gasteiger partial charge in [-0.3, -0.25) is 0 Å². The lowest BCUT2D eigenvalue weighted by Crippen LogP contribution is -2.13. The van der Waals surface area contributed by atoms with E-state index < -0.39 is 5.82 Å². The number of nitriles is 1. The Morgan fingerprint density at radius 2 is 2.20 bits per heavy atom. The lowest BCUT2D eigenvalue weighted by molar-refractivity contribution is 0.360. The van der Waals surface area contributed by atoms with Gasteiger partial charge in [0.2, 0.25) is 0 Å². The molecule has 20 heavy (non-hydrogen) atoms. The molecule has 0 saturated carbocycles. The number of fused-ring (bicyclic) bond motifs is 1. The van der Waals surface area contributed by atoms with E-state index in [0.717, 1.165) is 24.9 Å². The highest BCUT2D eigenvalue weighted by atomic mass is 35.5. The van der Waals surface area contributed by atoms with E-state index in [1.54, 1.807) is 6.07 Å². The van der Waals surface area contributed by atoms with Crippen molar-refractivity contribution in [2.45, 2.75) is 26.8 Å². The Morgan fingerprint density at radius 3 is 2.90 bits per heavy atom. The number of nitrogens with zero attached hydrogens (tertiary/aromatic N) is 3. The van der Waals surface area contributed by atoms with Crippen LogP contribution in [0, 0.1) is 22.6 Å². The summed E-state index contributed by atoms with van der Waals surface area (Å²) in [6, 6.07) is 5.44. The Kier molecular flexibility index (Phi) is 2.84. The van der Waals surface area contributed by atoms with Gasteiger partial charge in [-0.25, -0.2) is 9.37 Å². The first-order chi connectivity index (χ1) is 9.41. The van der Waals surface area contributed by atoms with Gasteiger partial charge in [-0.15, -0.1) is 0 Å². The fourth-order valence-electron chi connectivity index (χ4n) is 2.83. The largest absolute Gasteiger partial charge is 0.343 e. The topological polar surface area (TPSA) is 41.6 Å². The van der Waals surface area contributed by atoms with Gasteiger partial charge in [0, 0.05) is 17.8 Å². The maximum atomic E-state index is 14.0. The van der Waals surface area contributed by atoms with Crippen molar-refractivity contribution >= 4 is 11.6 Å². The monoisotopic (exact) mass is 289 g/mol. The third-order valence-corrected chi connectivity index (χ3v) is 3.87. The standard InChI is InChI=1S/C15H13ClFN3/c1-15(2)5-13-9(6-18)3-12(20(13)8-15)10-4-14(16)19-7-11(10)17/h3-4,7H,5,8H2,1-2H3. The molecular weight excluding hydrogens is 277 g/mol. The molecule has 0 fully saturated rings. The van der Waals surface area contributed by atoms with Crippen molar-refractivity contribution < 1.29 is 4.39 Å². The van der Waals surface area contributed by atoms with Gasteiger partial charge >= 0.3 is 0 Å². The van der Waals surface area contributed by atoms with E-state index in [1.165, 1.54) is 6.07 Å². The van der Waals surface area contributed by atoms with Gasteiger partial charge < -0.3 is 4.57 Å². The zero-order chi connectivity index (χ0) is 14.5. The van der Waals surface area contributed by atoms with Crippen molar-refractivity contribution in [2.24, 2.45) is 5.41 Å². The summed E-state index contributed by atoms with van der Waals surface area (Å²) < 4.78 is 16.0. The van der Waals surface area contributed by atoms with E-state index in [9.17, 15) is 9.65 Å². The van der Waals surface area contributed by atoms with Gasteiger partial charge in [0.1, 0.15) is 11.2 Å². The van der Waals surface area contributed by atoms with Crippen LogP contribution in [0.2, 0.25) is 5.15 Å². The molecule has 1 aliphatic heterocycles. The molecule has 0 atom stereocenters. The lowest BCUT2D eigenvalue weighted by atomic mass is 9.90. The van der Waals surface area contributed by atoms with Crippen molar-refractivity contribution in [1.29, 1.82) is 5.26 Å². The van der Waals surface area contributed by atoms with Crippen LogP contribution in [-0.4, -0.2) is 9.55 Å². The molecule has 5 heteroatoms. The van der Waals surface area contributed by atoms with Gasteiger partial charge in [0.15, 0.2) is 5.82 Å². The second-order valence-corrected chi connectivity index (χ2v) is 6.30. The van der Waals surface area contributed by atoms with Crippen LogP contribution in [0.5, 0.6) is 0 Å². The van der Waals surface area contributed by atoms with Crippen LogP contribution in [0.25, 0.3) is 11.3 Å². The Bertz CT molecular complexity index is 740. The van der Waals surface area contributed by atoms with E-state index >= 15 is 0 Å². The van der Waals surface area contributed by atoms with E-state index in [1.807, 2.05) is 4.57 Å². The molecule has 3 heterocycles. The molecule has 102 valence electrons. The first-order valence-corrected chi connectivity index (χ1v) is 6.73. The smallest absolute Gasteiger partial charge is 0.150 e. The predicted octanol–water partition coefficient (Wildman–Crippen LogP) is 3.80. The third kappa shape index (κ3) is 1.99. The first kappa shape index (κ1) is 13.1. The average molecular weight is 290 g/mol. The molecule has 0 aliphatic carbocycles. The summed E-state index contributed by atoms with van der Waals surface area (Å²) >= 11 is 5.86. The lowest BCUT2D eigenvalue weighted by Gasteiger charge is -2.16. The highest BCUT2D eigenvalue weighted by Gasteiger charge is 2.33. The summed E-state index contributed by atoms with van der Waals surface area (Å²) in [7, 11) is 0. The number of pyridine rings is 1. The number of halogens is 2. The molecule has 0 saturated heterocycles. The molecule has 3 rings (SSSR count). The Labute approximate surface area is 121 Å². The quantitative estimate of drug-likeness (QED) is 0.749. The van der Waals surface area contributed by atoms with E-state index in [2.05, 4.69) is 24.9 Å². The van der Waals surface area contributed by atoms with Crippen LogP contribution in [0.1, 0.15) is 25.1 Å². The highest BCUT2D eigenvalue weighted by Crippen LogP contribution is 2.39. The number of aromatic nitrogens is 2. The molecule has 0 N–H and O–H groups in total. The molecule has 2 aromatic heterocycles. The summed E-state index contributed by atoms with van der Waals surface area (Å²) in [5, 5.41) is 9.50. The predicted molar refractivity (Wildman–Crippen MR) is 74.8 cm³/mol. The van der Waals surface area contributed by atoms with E-state index in [-0.39, 0.29) is 10.6 Å². The second-order valence-electron chi connectivity index (χ2n) is 5.92. The van der Waals surface area contributed by atoms with Crippen molar-refractivity contribution in [3.05, 3.63) is 40.6 Å². The Balaban J connectivity index is 2.22. The van der Waals surface area contributed by atoms with Crippen LogP contribution in [-0.2, 0) is 13.0 Å². The summed E-state index contributed by atoms with van der Waals surface area (Å²) in [6.45, 7) is 5.04. The fraction of sp³-hybridized carbons (Fsp3) is 0.333. The van der Waals surface area contributed by atoms with Crippen LogP contribution < -0.4 is 0 Å². The van der Waals surface area contributed by atoms with Crippen LogP contribution in [0.3, 0.4) is 0 Å². The first-order valence-electron chi connectivity index (χ1n) is 6.35. The van der Waals surface area contributed by atoms with Gasteiger partial charge in [-0.1, -0.05) is 25.4 Å². The highest BCUT2D eigenvalue weighted by molar-refractivity contribution is 6.29. The van der Waals surface area contributed by atoms with Crippen LogP contribution in [0.15, 0.2) is 18.3 Å². The van der Waals surface area contributed by atoms with Crippen molar-refractivity contribution in [3.8, 4) is 17.3 Å². The second kappa shape index (κ2) is 4.32. The van der Waals surface area contributed by atoms with E-state index in [4.69, 9.17) is 11.6 Å². The third-order valence-electron chi connectivity index (χ3n) is 3.66. The maximum Gasteiger partial charge on any atom is 0.150 e. The van der Waals surface area contributed by atoms with E-state index in [0.29, 0.717) is 16.8 Å². The van der Waals surface area contributed by atoms with Gasteiger partial charge in [-0.05, 0) is 24.0 Å². The Morgan fingerprint density at radius 1 is 1.45 bits per heavy atom. The number of hydrogen-bond donors (Lipinski definition) is 0. The van der Waals surface area contributed by atoms with Crippen LogP contribution >= 0.6 is 11.6 Å². The maximum absolute atomic E-state index is 14.0. The van der Waals surface area contributed by atoms with Gasteiger partial charge in [0.05, 0.1) is 17.5 Å². The molecule has 0 radical (unpaired) electrons. The molecule has 3 nitrogen and oxygen atoms in total. The minimum atomic E-state index is -0.427. The van der Waals surface area contributed by atoms with Crippen molar-refractivity contribution in [3.63, 3.8) is 0 Å². The molecule has 0 unspecified atom stereocenters. The summed E-state index contributed by atoms with van der Waals surface area (Å²) in [6.07, 6.45) is 1.93. The summed E-state index contributed by atoms with van der Waals surface area (Å²) in [5.74, 6) is -0.427. The van der Waals surface area contributed by atoms with Gasteiger partial charge in [0.25, 0.3) is 0 Å².